The molecule has 2 rings (SSSR count). The molecule has 0 saturated carbocycles. The maximum absolute atomic E-state index is 11.9. The van der Waals surface area contributed by atoms with E-state index in [1.54, 1.807) is 0 Å². The molecule has 0 radical (unpaired) electrons. The van der Waals surface area contributed by atoms with Crippen LogP contribution in [0.15, 0.2) is 36.7 Å². The molecule has 5 heteroatoms. The van der Waals surface area contributed by atoms with E-state index in [0.717, 1.165) is 23.6 Å². The zero-order valence-electron chi connectivity index (χ0n) is 14.1. The van der Waals surface area contributed by atoms with Crippen molar-refractivity contribution in [1.82, 2.24) is 9.55 Å². The first-order valence-corrected chi connectivity index (χ1v) is 8.11. The molecular formula is C18H26N4O. The number of hydrogen-bond acceptors (Lipinski definition) is 3. The van der Waals surface area contributed by atoms with Crippen molar-refractivity contribution in [3.05, 3.63) is 48.0 Å². The van der Waals surface area contributed by atoms with Crippen LogP contribution in [0.4, 0.5) is 5.69 Å². The fourth-order valence-electron chi connectivity index (χ4n) is 2.48. The predicted octanol–water partition coefficient (Wildman–Crippen LogP) is 3.12. The Morgan fingerprint density at radius 3 is 2.83 bits per heavy atom. The van der Waals surface area contributed by atoms with E-state index in [4.69, 9.17) is 5.73 Å². The minimum Gasteiger partial charge on any atom is -0.330 e. The molecule has 124 valence electrons. The van der Waals surface area contributed by atoms with E-state index in [9.17, 15) is 4.79 Å². The third-order valence-corrected chi connectivity index (χ3v) is 3.65. The number of aromatic nitrogens is 2. The molecule has 23 heavy (non-hydrogen) atoms. The van der Waals surface area contributed by atoms with Gasteiger partial charge in [0.05, 0.1) is 0 Å². The van der Waals surface area contributed by atoms with Gasteiger partial charge in [-0.05, 0) is 31.0 Å². The molecule has 0 fully saturated rings. The second kappa shape index (κ2) is 7.92. The van der Waals surface area contributed by atoms with Gasteiger partial charge in [0.1, 0.15) is 5.82 Å². The number of nitrogens with two attached hydrogens (primary N) is 1. The van der Waals surface area contributed by atoms with Crippen LogP contribution in [0.1, 0.15) is 50.9 Å². The summed E-state index contributed by atoms with van der Waals surface area (Å²) in [7, 11) is 0. The molecule has 0 aliphatic heterocycles. The number of carbonyl (C=O) groups excluding carboxylic acids is 1. The van der Waals surface area contributed by atoms with Gasteiger partial charge >= 0.3 is 0 Å². The van der Waals surface area contributed by atoms with Gasteiger partial charge in [-0.2, -0.15) is 0 Å². The zero-order chi connectivity index (χ0) is 16.8. The fourth-order valence-corrected chi connectivity index (χ4v) is 2.48. The van der Waals surface area contributed by atoms with Crippen LogP contribution >= 0.6 is 0 Å². The monoisotopic (exact) mass is 314 g/mol. The highest BCUT2D eigenvalue weighted by molar-refractivity contribution is 5.90. The lowest BCUT2D eigenvalue weighted by Crippen LogP contribution is -2.19. The van der Waals surface area contributed by atoms with Crippen LogP contribution < -0.4 is 11.1 Å². The smallest absolute Gasteiger partial charge is 0.224 e. The summed E-state index contributed by atoms with van der Waals surface area (Å²) >= 11 is 0. The Bertz CT molecular complexity index is 646. The normalized spacial score (nSPS) is 12.4. The van der Waals surface area contributed by atoms with Crippen molar-refractivity contribution in [2.75, 3.05) is 5.32 Å². The van der Waals surface area contributed by atoms with E-state index in [0.29, 0.717) is 18.8 Å². The van der Waals surface area contributed by atoms with Gasteiger partial charge in [-0.25, -0.2) is 4.98 Å². The van der Waals surface area contributed by atoms with Gasteiger partial charge in [0, 0.05) is 43.0 Å². The van der Waals surface area contributed by atoms with E-state index < -0.39 is 0 Å². The molecule has 1 aromatic heterocycles. The minimum absolute atomic E-state index is 0.00458. The number of hydrogen-bond donors (Lipinski definition) is 2. The third-order valence-electron chi connectivity index (χ3n) is 3.65. The molecule has 1 heterocycles. The van der Waals surface area contributed by atoms with Crippen molar-refractivity contribution in [2.24, 2.45) is 5.73 Å². The summed E-state index contributed by atoms with van der Waals surface area (Å²) in [6.07, 6.45) is 4.96. The predicted molar refractivity (Wildman–Crippen MR) is 93.4 cm³/mol. The molecule has 0 bridgehead atoms. The number of imidazole rings is 1. The van der Waals surface area contributed by atoms with Gasteiger partial charge in [-0.15, -0.1) is 0 Å². The lowest BCUT2D eigenvalue weighted by atomic mass is 10.1. The molecule has 1 amide bonds. The summed E-state index contributed by atoms with van der Waals surface area (Å²) in [6.45, 7) is 6.92. The topological polar surface area (TPSA) is 72.9 Å². The fraction of sp³-hybridized carbons (Fsp3) is 0.444. The van der Waals surface area contributed by atoms with Crippen LogP contribution in [0.3, 0.4) is 0 Å². The SMILES string of the molecule is CC(N)CCC(=O)Nc1cccc(Cn2ccnc2C(C)C)c1. The Hall–Kier alpha value is -2.14. The van der Waals surface area contributed by atoms with Crippen molar-refractivity contribution in [2.45, 2.75) is 52.1 Å². The molecule has 1 aromatic carbocycles. The Labute approximate surface area is 137 Å². The van der Waals surface area contributed by atoms with Crippen molar-refractivity contribution in [3.8, 4) is 0 Å². The number of nitrogens with zero attached hydrogens (tertiary/aromatic N) is 2. The lowest BCUT2D eigenvalue weighted by Gasteiger charge is -2.12. The Balaban J connectivity index is 2.02. The first kappa shape index (κ1) is 17.2. The number of benzene rings is 1. The number of amides is 1. The Kier molecular flexibility index (Phi) is 5.93. The van der Waals surface area contributed by atoms with E-state index >= 15 is 0 Å². The molecule has 2 aromatic rings. The highest BCUT2D eigenvalue weighted by atomic mass is 16.1. The van der Waals surface area contributed by atoms with Crippen LogP contribution in [0.25, 0.3) is 0 Å². The second-order valence-electron chi connectivity index (χ2n) is 6.33. The standard InChI is InChI=1S/C18H26N4O/c1-13(2)18-20-9-10-22(18)12-15-5-4-6-16(11-15)21-17(23)8-7-14(3)19/h4-6,9-11,13-14H,7-8,12,19H2,1-3H3,(H,21,23). The van der Waals surface area contributed by atoms with Gasteiger partial charge in [-0.3, -0.25) is 4.79 Å². The average molecular weight is 314 g/mol. The van der Waals surface area contributed by atoms with Crippen LogP contribution in [-0.2, 0) is 11.3 Å². The highest BCUT2D eigenvalue weighted by Crippen LogP contribution is 2.16. The minimum atomic E-state index is 0.00458. The average Bonchev–Trinajstić information content (AvgIpc) is 2.94. The summed E-state index contributed by atoms with van der Waals surface area (Å²) in [6, 6.07) is 7.98. The van der Waals surface area contributed by atoms with Gasteiger partial charge in [0.2, 0.25) is 5.91 Å². The Morgan fingerprint density at radius 1 is 1.35 bits per heavy atom. The van der Waals surface area contributed by atoms with Crippen molar-refractivity contribution in [1.29, 1.82) is 0 Å². The third kappa shape index (κ3) is 5.21. The summed E-state index contributed by atoms with van der Waals surface area (Å²) in [5.74, 6) is 1.45. The number of nitrogens with one attached hydrogen (secondary N) is 1. The molecule has 3 N–H and O–H groups in total. The van der Waals surface area contributed by atoms with E-state index in [1.165, 1.54) is 0 Å². The molecule has 0 aliphatic carbocycles. The quantitative estimate of drug-likeness (QED) is 0.824. The molecule has 0 saturated heterocycles. The molecular weight excluding hydrogens is 288 g/mol. The molecule has 0 aliphatic rings. The van der Waals surface area contributed by atoms with E-state index in [-0.39, 0.29) is 11.9 Å². The zero-order valence-corrected chi connectivity index (χ0v) is 14.1. The number of rotatable bonds is 7. The van der Waals surface area contributed by atoms with Gasteiger partial charge in [0.15, 0.2) is 0 Å². The highest BCUT2D eigenvalue weighted by Gasteiger charge is 2.08. The van der Waals surface area contributed by atoms with Crippen molar-refractivity contribution >= 4 is 11.6 Å². The van der Waals surface area contributed by atoms with Crippen LogP contribution in [0.2, 0.25) is 0 Å². The lowest BCUT2D eigenvalue weighted by molar-refractivity contribution is -0.116. The van der Waals surface area contributed by atoms with Crippen molar-refractivity contribution in [3.63, 3.8) is 0 Å². The van der Waals surface area contributed by atoms with Crippen molar-refractivity contribution < 1.29 is 4.79 Å². The molecule has 5 nitrogen and oxygen atoms in total. The molecule has 0 spiro atoms. The maximum Gasteiger partial charge on any atom is 0.224 e. The summed E-state index contributed by atoms with van der Waals surface area (Å²) in [4.78, 5) is 16.3. The van der Waals surface area contributed by atoms with E-state index in [1.807, 2.05) is 37.5 Å². The summed E-state index contributed by atoms with van der Waals surface area (Å²) in [5, 5.41) is 2.94. The number of carbonyl (C=O) groups is 1. The van der Waals surface area contributed by atoms with Gasteiger partial charge in [0.25, 0.3) is 0 Å². The second-order valence-corrected chi connectivity index (χ2v) is 6.33. The first-order chi connectivity index (χ1) is 11.0. The van der Waals surface area contributed by atoms with Crippen LogP contribution in [-0.4, -0.2) is 21.5 Å². The first-order valence-electron chi connectivity index (χ1n) is 8.11. The summed E-state index contributed by atoms with van der Waals surface area (Å²) in [5.41, 5.74) is 7.64. The van der Waals surface area contributed by atoms with Crippen LogP contribution in [0, 0.1) is 0 Å². The van der Waals surface area contributed by atoms with Gasteiger partial charge < -0.3 is 15.6 Å². The molecule has 1 unspecified atom stereocenters. The molecule has 1 atom stereocenters. The number of anilines is 1. The Morgan fingerprint density at radius 2 is 2.13 bits per heavy atom. The van der Waals surface area contributed by atoms with Crippen LogP contribution in [0.5, 0.6) is 0 Å². The maximum atomic E-state index is 11.9. The van der Waals surface area contributed by atoms with E-state index in [2.05, 4.69) is 34.8 Å². The summed E-state index contributed by atoms with van der Waals surface area (Å²) < 4.78 is 2.14. The largest absolute Gasteiger partial charge is 0.330 e. The van der Waals surface area contributed by atoms with Gasteiger partial charge in [-0.1, -0.05) is 26.0 Å².